The zero-order valence-electron chi connectivity index (χ0n) is 13.6. The van der Waals surface area contributed by atoms with Gasteiger partial charge in [0.2, 0.25) is 0 Å². The Morgan fingerprint density at radius 1 is 1.20 bits per heavy atom. The number of rotatable bonds is 4. The first-order valence-electron chi connectivity index (χ1n) is 7.57. The van der Waals surface area contributed by atoms with Crippen molar-refractivity contribution in [3.63, 3.8) is 0 Å². The molecule has 2 rings (SSSR count). The number of nitrogens with one attached hydrogen (secondary N) is 1. The largest absolute Gasteiger partial charge is 0.313 e. The average molecular weight is 293 g/mol. The average Bonchev–Trinajstić information content (AvgIpc) is 2.64. The Morgan fingerprint density at radius 3 is 2.35 bits per heavy atom. The molecule has 0 amide bonds. The summed E-state index contributed by atoms with van der Waals surface area (Å²) >= 11 is 1.85. The Balaban J connectivity index is 2.17. The molecular weight excluding hydrogens is 266 g/mol. The van der Waals surface area contributed by atoms with E-state index in [0.29, 0.717) is 16.7 Å². The van der Waals surface area contributed by atoms with E-state index in [2.05, 4.69) is 56.8 Å². The normalized spacial score (nSPS) is 25.1. The summed E-state index contributed by atoms with van der Waals surface area (Å²) in [6, 6.07) is 0.544. The zero-order chi connectivity index (χ0) is 14.9. The highest BCUT2D eigenvalue weighted by Crippen LogP contribution is 2.44. The first-order valence-corrected chi connectivity index (χ1v) is 8.45. The van der Waals surface area contributed by atoms with Crippen LogP contribution in [0.25, 0.3) is 0 Å². The van der Waals surface area contributed by atoms with Gasteiger partial charge in [-0.15, -0.1) is 0 Å². The van der Waals surface area contributed by atoms with Gasteiger partial charge >= 0.3 is 0 Å². The van der Waals surface area contributed by atoms with Crippen LogP contribution in [-0.4, -0.2) is 27.8 Å². The summed E-state index contributed by atoms with van der Waals surface area (Å²) in [6.07, 6.45) is 2.51. The summed E-state index contributed by atoms with van der Waals surface area (Å²) in [4.78, 5) is 9.33. The monoisotopic (exact) mass is 293 g/mol. The third kappa shape index (κ3) is 3.17. The van der Waals surface area contributed by atoms with Crippen LogP contribution in [0.15, 0.2) is 5.16 Å². The predicted octanol–water partition coefficient (Wildman–Crippen LogP) is 3.66. The van der Waals surface area contributed by atoms with E-state index in [1.807, 2.05) is 11.8 Å². The van der Waals surface area contributed by atoms with E-state index in [-0.39, 0.29) is 0 Å². The van der Waals surface area contributed by atoms with Crippen molar-refractivity contribution >= 4 is 11.8 Å². The maximum Gasteiger partial charge on any atom is 0.188 e. The first kappa shape index (κ1) is 15.8. The highest BCUT2D eigenvalue weighted by molar-refractivity contribution is 7.99. The van der Waals surface area contributed by atoms with Gasteiger partial charge in [0.1, 0.15) is 0 Å². The third-order valence-electron chi connectivity index (χ3n) is 4.58. The fraction of sp³-hybridized carbons (Fsp3) is 0.750. The molecule has 2 atom stereocenters. The molecule has 0 bridgehead atoms. The van der Waals surface area contributed by atoms with Crippen LogP contribution in [0.4, 0.5) is 0 Å². The van der Waals surface area contributed by atoms with Gasteiger partial charge in [0.05, 0.1) is 0 Å². The van der Waals surface area contributed by atoms with Gasteiger partial charge in [-0.3, -0.25) is 0 Å². The standard InChI is InChI=1S/C16H27N3S/c1-7-17-14-13(8-9-16(14,5)6)20-15-18-11(3)10(2)12(4)19-15/h13-14,17H,7-9H2,1-6H3. The van der Waals surface area contributed by atoms with Crippen molar-refractivity contribution in [1.82, 2.24) is 15.3 Å². The lowest BCUT2D eigenvalue weighted by Crippen LogP contribution is -2.43. The molecule has 0 radical (unpaired) electrons. The number of aromatic nitrogens is 2. The van der Waals surface area contributed by atoms with Crippen molar-refractivity contribution < 1.29 is 0 Å². The summed E-state index contributed by atoms with van der Waals surface area (Å²) in [6.45, 7) is 14.2. The lowest BCUT2D eigenvalue weighted by molar-refractivity contribution is 0.290. The lowest BCUT2D eigenvalue weighted by Gasteiger charge is -2.31. The van der Waals surface area contributed by atoms with Crippen LogP contribution in [0, 0.1) is 26.2 Å². The van der Waals surface area contributed by atoms with Gasteiger partial charge in [-0.2, -0.15) is 0 Å². The van der Waals surface area contributed by atoms with Crippen LogP contribution in [0.5, 0.6) is 0 Å². The summed E-state index contributed by atoms with van der Waals surface area (Å²) in [7, 11) is 0. The molecule has 112 valence electrons. The van der Waals surface area contributed by atoms with E-state index >= 15 is 0 Å². The first-order chi connectivity index (χ1) is 9.35. The van der Waals surface area contributed by atoms with Crippen LogP contribution in [-0.2, 0) is 0 Å². The zero-order valence-corrected chi connectivity index (χ0v) is 14.4. The topological polar surface area (TPSA) is 37.8 Å². The minimum absolute atomic E-state index is 0.364. The molecule has 1 aromatic rings. The number of hydrogen-bond acceptors (Lipinski definition) is 4. The number of thioether (sulfide) groups is 1. The lowest BCUT2D eigenvalue weighted by atomic mass is 9.87. The number of nitrogens with zero attached hydrogens (tertiary/aromatic N) is 2. The van der Waals surface area contributed by atoms with E-state index in [1.54, 1.807) is 0 Å². The molecule has 1 heterocycles. The van der Waals surface area contributed by atoms with E-state index < -0.39 is 0 Å². The maximum absolute atomic E-state index is 4.66. The Hall–Kier alpha value is -0.610. The molecule has 20 heavy (non-hydrogen) atoms. The van der Waals surface area contributed by atoms with Crippen molar-refractivity contribution in [3.05, 3.63) is 17.0 Å². The van der Waals surface area contributed by atoms with Crippen molar-refractivity contribution in [2.24, 2.45) is 5.41 Å². The predicted molar refractivity (Wildman–Crippen MR) is 86.4 cm³/mol. The summed E-state index contributed by atoms with van der Waals surface area (Å²) in [5.41, 5.74) is 3.79. The molecule has 2 unspecified atom stereocenters. The molecule has 1 aliphatic rings. The van der Waals surface area contributed by atoms with E-state index in [4.69, 9.17) is 0 Å². The Morgan fingerprint density at radius 2 is 1.80 bits per heavy atom. The Kier molecular flexibility index (Phi) is 4.75. The van der Waals surface area contributed by atoms with Gasteiger partial charge in [0, 0.05) is 22.7 Å². The molecule has 1 saturated carbocycles. The van der Waals surface area contributed by atoms with Crippen molar-refractivity contribution in [2.45, 2.75) is 70.8 Å². The second-order valence-corrected chi connectivity index (χ2v) is 7.73. The maximum atomic E-state index is 4.66. The summed E-state index contributed by atoms with van der Waals surface area (Å²) < 4.78 is 0. The molecule has 0 spiro atoms. The second kappa shape index (κ2) is 6.02. The Bertz CT molecular complexity index is 462. The SMILES string of the molecule is CCNC1C(Sc2nc(C)c(C)c(C)n2)CCC1(C)C. The minimum Gasteiger partial charge on any atom is -0.313 e. The van der Waals surface area contributed by atoms with Crippen LogP contribution < -0.4 is 5.32 Å². The molecule has 1 aliphatic carbocycles. The highest BCUT2D eigenvalue weighted by atomic mass is 32.2. The van der Waals surface area contributed by atoms with Gasteiger partial charge in [0.25, 0.3) is 0 Å². The Labute approximate surface area is 127 Å². The van der Waals surface area contributed by atoms with Crippen molar-refractivity contribution in [3.8, 4) is 0 Å². The molecule has 1 aromatic heterocycles. The smallest absolute Gasteiger partial charge is 0.188 e. The number of aryl methyl sites for hydroxylation is 2. The fourth-order valence-corrected chi connectivity index (χ4v) is 4.51. The summed E-state index contributed by atoms with van der Waals surface area (Å²) in [5.74, 6) is 0. The van der Waals surface area contributed by atoms with Gasteiger partial charge in [0.15, 0.2) is 5.16 Å². The third-order valence-corrected chi connectivity index (χ3v) is 5.78. The molecule has 3 nitrogen and oxygen atoms in total. The molecular formula is C16H27N3S. The van der Waals surface area contributed by atoms with Gasteiger partial charge in [-0.1, -0.05) is 32.5 Å². The van der Waals surface area contributed by atoms with Gasteiger partial charge < -0.3 is 5.32 Å². The van der Waals surface area contributed by atoms with Crippen LogP contribution in [0.3, 0.4) is 0 Å². The molecule has 4 heteroatoms. The molecule has 0 aliphatic heterocycles. The van der Waals surface area contributed by atoms with Crippen LogP contribution in [0.2, 0.25) is 0 Å². The fourth-order valence-electron chi connectivity index (χ4n) is 3.02. The van der Waals surface area contributed by atoms with Crippen LogP contribution >= 0.6 is 11.8 Å². The van der Waals surface area contributed by atoms with Gasteiger partial charge in [-0.25, -0.2) is 9.97 Å². The molecule has 1 N–H and O–H groups in total. The number of hydrogen-bond donors (Lipinski definition) is 1. The highest BCUT2D eigenvalue weighted by Gasteiger charge is 2.42. The second-order valence-electron chi connectivity index (χ2n) is 6.52. The van der Waals surface area contributed by atoms with Crippen molar-refractivity contribution in [2.75, 3.05) is 6.54 Å². The molecule has 1 fully saturated rings. The molecule has 0 saturated heterocycles. The van der Waals surface area contributed by atoms with Crippen molar-refractivity contribution in [1.29, 1.82) is 0 Å². The van der Waals surface area contributed by atoms with E-state index in [9.17, 15) is 0 Å². The quantitative estimate of drug-likeness (QED) is 0.860. The molecule has 0 aromatic carbocycles. The van der Waals surface area contributed by atoms with Crippen LogP contribution in [0.1, 0.15) is 50.6 Å². The van der Waals surface area contributed by atoms with E-state index in [0.717, 1.165) is 23.1 Å². The summed E-state index contributed by atoms with van der Waals surface area (Å²) in [5, 5.41) is 5.19. The van der Waals surface area contributed by atoms with Gasteiger partial charge in [-0.05, 0) is 51.1 Å². The van der Waals surface area contributed by atoms with E-state index in [1.165, 1.54) is 18.4 Å². The minimum atomic E-state index is 0.364.